The number of halogens is 1. The van der Waals surface area contributed by atoms with Crippen LogP contribution >= 0.6 is 22.9 Å². The van der Waals surface area contributed by atoms with E-state index in [-0.39, 0.29) is 0 Å². The van der Waals surface area contributed by atoms with Gasteiger partial charge in [0.2, 0.25) is 0 Å². The molecular weight excluding hydrogens is 338 g/mol. The first-order valence-electron chi connectivity index (χ1n) is 8.31. The Morgan fingerprint density at radius 2 is 2.08 bits per heavy atom. The Balaban J connectivity index is 1.90. The van der Waals surface area contributed by atoms with Crippen LogP contribution in [0.5, 0.6) is 0 Å². The van der Waals surface area contributed by atoms with Crippen LogP contribution in [0.2, 0.25) is 5.02 Å². The fourth-order valence-corrected chi connectivity index (χ4v) is 4.24. The third kappa shape index (κ3) is 2.74. The van der Waals surface area contributed by atoms with Gasteiger partial charge in [-0.1, -0.05) is 17.7 Å². The van der Waals surface area contributed by atoms with Crippen molar-refractivity contribution in [3.8, 4) is 16.3 Å². The molecular formula is C19H20ClN3S. The lowest BCUT2D eigenvalue weighted by Crippen LogP contribution is -2.07. The van der Waals surface area contributed by atoms with Crippen molar-refractivity contribution < 1.29 is 0 Å². The van der Waals surface area contributed by atoms with Crippen molar-refractivity contribution in [1.29, 1.82) is 0 Å². The van der Waals surface area contributed by atoms with Gasteiger partial charge in [-0.3, -0.25) is 0 Å². The van der Waals surface area contributed by atoms with Crippen molar-refractivity contribution in [2.75, 3.05) is 11.9 Å². The molecule has 3 nitrogen and oxygen atoms in total. The van der Waals surface area contributed by atoms with Crippen molar-refractivity contribution in [3.63, 3.8) is 0 Å². The van der Waals surface area contributed by atoms with E-state index in [1.165, 1.54) is 28.8 Å². The molecule has 5 heteroatoms. The van der Waals surface area contributed by atoms with Crippen LogP contribution in [-0.4, -0.2) is 16.3 Å². The number of aromatic nitrogens is 2. The third-order valence-corrected chi connectivity index (χ3v) is 5.96. The van der Waals surface area contributed by atoms with Gasteiger partial charge in [0.05, 0.1) is 10.6 Å². The van der Waals surface area contributed by atoms with Gasteiger partial charge >= 0.3 is 0 Å². The first kappa shape index (κ1) is 15.7. The number of thiophene rings is 1. The summed E-state index contributed by atoms with van der Waals surface area (Å²) >= 11 is 8.11. The van der Waals surface area contributed by atoms with Gasteiger partial charge in [0.25, 0.3) is 0 Å². The summed E-state index contributed by atoms with van der Waals surface area (Å²) in [6.45, 7) is 5.14. The Labute approximate surface area is 151 Å². The molecule has 3 aromatic rings. The Bertz CT molecular complexity index is 894. The van der Waals surface area contributed by atoms with Gasteiger partial charge in [0.15, 0.2) is 0 Å². The van der Waals surface area contributed by atoms with Crippen LogP contribution in [-0.2, 0) is 6.42 Å². The normalized spacial score (nSPS) is 14.1. The molecule has 2 aromatic heterocycles. The lowest BCUT2D eigenvalue weighted by atomic mass is 10.1. The fraction of sp³-hybridized carbons (Fsp3) is 0.316. The van der Waals surface area contributed by atoms with Crippen LogP contribution in [0.4, 0.5) is 5.82 Å². The maximum absolute atomic E-state index is 6.35. The molecule has 0 bridgehead atoms. The number of aryl methyl sites for hydroxylation is 2. The van der Waals surface area contributed by atoms with Crippen LogP contribution in [0.25, 0.3) is 16.3 Å². The standard InChI is InChI=1S/C19H20ClN3S/c1-12-9-17(24-11-12)18-15-5-3-4-8-21-19(15)23(22-18)14-7-6-13(2)16(20)10-14/h6-7,9-11,21H,3-5,8H2,1-2H3. The molecule has 0 amide bonds. The Hall–Kier alpha value is -1.78. The molecule has 0 unspecified atom stereocenters. The van der Waals surface area contributed by atoms with E-state index in [1.807, 2.05) is 17.7 Å². The van der Waals surface area contributed by atoms with E-state index >= 15 is 0 Å². The maximum atomic E-state index is 6.35. The minimum absolute atomic E-state index is 0.777. The van der Waals surface area contributed by atoms with Gasteiger partial charge in [-0.15, -0.1) is 11.3 Å². The first-order valence-corrected chi connectivity index (χ1v) is 9.57. The van der Waals surface area contributed by atoms with Crippen molar-refractivity contribution in [1.82, 2.24) is 9.78 Å². The highest BCUT2D eigenvalue weighted by molar-refractivity contribution is 7.13. The van der Waals surface area contributed by atoms with Crippen LogP contribution in [0.15, 0.2) is 29.6 Å². The number of hydrogen-bond acceptors (Lipinski definition) is 3. The molecule has 1 aliphatic heterocycles. The number of hydrogen-bond donors (Lipinski definition) is 1. The minimum Gasteiger partial charge on any atom is -0.370 e. The minimum atomic E-state index is 0.777. The second-order valence-corrected chi connectivity index (χ2v) is 7.71. The average Bonchev–Trinajstić information content (AvgIpc) is 3.06. The summed E-state index contributed by atoms with van der Waals surface area (Å²) in [6, 6.07) is 8.37. The van der Waals surface area contributed by atoms with Gasteiger partial charge < -0.3 is 5.32 Å². The van der Waals surface area contributed by atoms with Crippen molar-refractivity contribution in [2.24, 2.45) is 0 Å². The van der Waals surface area contributed by atoms with Crippen LogP contribution in [0, 0.1) is 13.8 Å². The molecule has 124 valence electrons. The topological polar surface area (TPSA) is 29.9 Å². The lowest BCUT2D eigenvalue weighted by Gasteiger charge is -2.10. The summed E-state index contributed by atoms with van der Waals surface area (Å²) < 4.78 is 2.02. The lowest BCUT2D eigenvalue weighted by molar-refractivity contribution is 0.780. The number of anilines is 1. The molecule has 0 radical (unpaired) electrons. The number of rotatable bonds is 2. The van der Waals surface area contributed by atoms with Crippen LogP contribution < -0.4 is 5.32 Å². The molecule has 0 aliphatic carbocycles. The average molecular weight is 358 g/mol. The number of fused-ring (bicyclic) bond motifs is 1. The van der Waals surface area contributed by atoms with Crippen LogP contribution in [0.3, 0.4) is 0 Å². The van der Waals surface area contributed by atoms with E-state index < -0.39 is 0 Å². The number of nitrogens with one attached hydrogen (secondary N) is 1. The summed E-state index contributed by atoms with van der Waals surface area (Å²) in [5, 5.41) is 11.5. The zero-order valence-electron chi connectivity index (χ0n) is 13.9. The Kier molecular flexibility index (Phi) is 4.10. The van der Waals surface area contributed by atoms with E-state index in [4.69, 9.17) is 16.7 Å². The molecule has 0 atom stereocenters. The Morgan fingerprint density at radius 3 is 2.83 bits per heavy atom. The second kappa shape index (κ2) is 6.26. The van der Waals surface area contributed by atoms with Gasteiger partial charge in [-0.2, -0.15) is 5.10 Å². The second-order valence-electron chi connectivity index (χ2n) is 6.39. The summed E-state index contributed by atoms with van der Waals surface area (Å²) in [6.07, 6.45) is 3.44. The number of benzene rings is 1. The fourth-order valence-electron chi connectivity index (χ4n) is 3.16. The smallest absolute Gasteiger partial charge is 0.133 e. The van der Waals surface area contributed by atoms with E-state index in [0.29, 0.717) is 0 Å². The molecule has 24 heavy (non-hydrogen) atoms. The highest BCUT2D eigenvalue weighted by Crippen LogP contribution is 2.37. The zero-order chi connectivity index (χ0) is 16.7. The third-order valence-electron chi connectivity index (χ3n) is 4.49. The predicted molar refractivity (Wildman–Crippen MR) is 103 cm³/mol. The summed E-state index contributed by atoms with van der Waals surface area (Å²) in [7, 11) is 0. The van der Waals surface area contributed by atoms with E-state index in [2.05, 4.69) is 35.8 Å². The molecule has 4 rings (SSSR count). The molecule has 0 saturated carbocycles. The van der Waals surface area contributed by atoms with Gasteiger partial charge in [0.1, 0.15) is 11.5 Å². The molecule has 1 aliphatic rings. The van der Waals surface area contributed by atoms with E-state index in [0.717, 1.165) is 40.8 Å². The van der Waals surface area contributed by atoms with Gasteiger partial charge in [-0.05, 0) is 67.8 Å². The highest BCUT2D eigenvalue weighted by Gasteiger charge is 2.22. The molecule has 1 aromatic carbocycles. The summed E-state index contributed by atoms with van der Waals surface area (Å²) in [5.74, 6) is 1.12. The summed E-state index contributed by atoms with van der Waals surface area (Å²) in [4.78, 5) is 1.24. The van der Waals surface area contributed by atoms with Crippen molar-refractivity contribution >= 4 is 28.8 Å². The van der Waals surface area contributed by atoms with Crippen molar-refractivity contribution in [3.05, 3.63) is 51.4 Å². The molecule has 3 heterocycles. The number of nitrogens with zero attached hydrogens (tertiary/aromatic N) is 2. The van der Waals surface area contributed by atoms with Crippen LogP contribution in [0.1, 0.15) is 29.5 Å². The SMILES string of the molecule is Cc1csc(-c2nn(-c3ccc(C)c(Cl)c3)c3c2CCCCN3)c1. The zero-order valence-corrected chi connectivity index (χ0v) is 15.5. The quantitative estimate of drug-likeness (QED) is 0.645. The molecule has 0 saturated heterocycles. The first-order chi connectivity index (χ1) is 11.6. The van der Waals surface area contributed by atoms with Gasteiger partial charge in [-0.25, -0.2) is 4.68 Å². The van der Waals surface area contributed by atoms with Crippen molar-refractivity contribution in [2.45, 2.75) is 33.1 Å². The monoisotopic (exact) mass is 357 g/mol. The van der Waals surface area contributed by atoms with Gasteiger partial charge in [0, 0.05) is 17.1 Å². The Morgan fingerprint density at radius 1 is 1.21 bits per heavy atom. The molecule has 0 spiro atoms. The summed E-state index contributed by atoms with van der Waals surface area (Å²) in [5.41, 5.74) is 5.81. The largest absolute Gasteiger partial charge is 0.370 e. The maximum Gasteiger partial charge on any atom is 0.133 e. The van der Waals surface area contributed by atoms with E-state index in [1.54, 1.807) is 11.3 Å². The predicted octanol–water partition coefficient (Wildman–Crippen LogP) is 5.62. The highest BCUT2D eigenvalue weighted by atomic mass is 35.5. The van der Waals surface area contributed by atoms with E-state index in [9.17, 15) is 0 Å². The molecule has 0 fully saturated rings. The molecule has 1 N–H and O–H groups in total.